The van der Waals surface area contributed by atoms with Gasteiger partial charge >= 0.3 is 0 Å². The summed E-state index contributed by atoms with van der Waals surface area (Å²) in [7, 11) is 1.67. The van der Waals surface area contributed by atoms with Crippen molar-refractivity contribution in [1.82, 2.24) is 0 Å². The lowest BCUT2D eigenvalue weighted by molar-refractivity contribution is -0.118. The molecule has 0 heterocycles. The van der Waals surface area contributed by atoms with Gasteiger partial charge in [0.25, 0.3) is 0 Å². The van der Waals surface area contributed by atoms with Crippen molar-refractivity contribution in [3.8, 4) is 5.75 Å². The number of ether oxygens (including phenoxy) is 1. The van der Waals surface area contributed by atoms with Gasteiger partial charge in [0.2, 0.25) is 0 Å². The minimum absolute atomic E-state index is 0.365. The second kappa shape index (κ2) is 7.13. The zero-order valence-electron chi connectivity index (χ0n) is 13.5. The Morgan fingerprint density at radius 1 is 1.09 bits per heavy atom. The molecule has 0 spiro atoms. The molecule has 0 aromatic heterocycles. The molecular weight excluding hydrogens is 272 g/mol. The molecule has 0 radical (unpaired) electrons. The molecule has 0 bridgehead atoms. The standard InChI is InChI=1S/C20H26O2/c1-22-19-9-5-6-15(13-19)12-18-11-10-17(14-20(18)21)16-7-3-2-4-8-16/h5-6,9,12-13,16-17H,2-4,7-8,10-11,14H2,1H3/b18-12-. The lowest BCUT2D eigenvalue weighted by Gasteiger charge is -2.33. The van der Waals surface area contributed by atoms with Crippen molar-refractivity contribution in [2.75, 3.05) is 7.11 Å². The molecule has 0 amide bonds. The third-order valence-electron chi connectivity index (χ3n) is 5.34. The average molecular weight is 298 g/mol. The number of methoxy groups -OCH3 is 1. The maximum atomic E-state index is 12.5. The highest BCUT2D eigenvalue weighted by molar-refractivity contribution is 6.00. The van der Waals surface area contributed by atoms with Crippen LogP contribution >= 0.6 is 0 Å². The molecule has 3 rings (SSSR count). The van der Waals surface area contributed by atoms with E-state index < -0.39 is 0 Å². The molecule has 1 unspecified atom stereocenters. The molecule has 22 heavy (non-hydrogen) atoms. The fraction of sp³-hybridized carbons (Fsp3) is 0.550. The van der Waals surface area contributed by atoms with E-state index in [2.05, 4.69) is 6.08 Å². The number of hydrogen-bond acceptors (Lipinski definition) is 2. The van der Waals surface area contributed by atoms with Crippen LogP contribution in [-0.2, 0) is 4.79 Å². The number of ketones is 1. The third kappa shape index (κ3) is 3.60. The summed E-state index contributed by atoms with van der Waals surface area (Å²) in [4.78, 5) is 12.5. The van der Waals surface area contributed by atoms with E-state index in [4.69, 9.17) is 4.74 Å². The molecule has 2 saturated carbocycles. The Morgan fingerprint density at radius 3 is 2.64 bits per heavy atom. The topological polar surface area (TPSA) is 26.3 Å². The van der Waals surface area contributed by atoms with Crippen molar-refractivity contribution in [2.45, 2.75) is 51.4 Å². The maximum absolute atomic E-state index is 12.5. The van der Waals surface area contributed by atoms with Gasteiger partial charge in [-0.1, -0.05) is 44.2 Å². The van der Waals surface area contributed by atoms with E-state index in [0.717, 1.165) is 35.6 Å². The fourth-order valence-corrected chi connectivity index (χ4v) is 4.04. The molecule has 1 aromatic carbocycles. The van der Waals surface area contributed by atoms with Crippen molar-refractivity contribution in [3.63, 3.8) is 0 Å². The van der Waals surface area contributed by atoms with E-state index >= 15 is 0 Å². The van der Waals surface area contributed by atoms with Gasteiger partial charge in [-0.15, -0.1) is 0 Å². The van der Waals surface area contributed by atoms with E-state index in [1.165, 1.54) is 38.5 Å². The minimum Gasteiger partial charge on any atom is -0.497 e. The monoisotopic (exact) mass is 298 g/mol. The van der Waals surface area contributed by atoms with Gasteiger partial charge in [0.1, 0.15) is 5.75 Å². The lowest BCUT2D eigenvalue weighted by Crippen LogP contribution is -2.25. The number of Topliss-reactive ketones (excluding diaryl/α,β-unsaturated/α-hetero) is 1. The van der Waals surface area contributed by atoms with Crippen LogP contribution in [0.25, 0.3) is 6.08 Å². The van der Waals surface area contributed by atoms with Crippen LogP contribution in [0.15, 0.2) is 29.8 Å². The van der Waals surface area contributed by atoms with Gasteiger partial charge in [0, 0.05) is 6.42 Å². The molecular formula is C20H26O2. The van der Waals surface area contributed by atoms with Crippen LogP contribution < -0.4 is 4.74 Å². The highest BCUT2D eigenvalue weighted by atomic mass is 16.5. The van der Waals surface area contributed by atoms with Crippen molar-refractivity contribution in [3.05, 3.63) is 35.4 Å². The Hall–Kier alpha value is -1.57. The van der Waals surface area contributed by atoms with Crippen LogP contribution in [0.1, 0.15) is 56.9 Å². The van der Waals surface area contributed by atoms with Gasteiger partial charge in [-0.25, -0.2) is 0 Å². The first-order valence-corrected chi connectivity index (χ1v) is 8.64. The molecule has 1 aromatic rings. The Bertz CT molecular complexity index is 553. The highest BCUT2D eigenvalue weighted by Crippen LogP contribution is 2.38. The van der Waals surface area contributed by atoms with Gasteiger partial charge in [-0.05, 0) is 54.0 Å². The zero-order valence-corrected chi connectivity index (χ0v) is 13.5. The highest BCUT2D eigenvalue weighted by Gasteiger charge is 2.30. The molecule has 2 nitrogen and oxygen atoms in total. The molecule has 0 aliphatic heterocycles. The number of rotatable bonds is 3. The summed E-state index contributed by atoms with van der Waals surface area (Å²) < 4.78 is 5.25. The first-order valence-electron chi connectivity index (χ1n) is 8.64. The van der Waals surface area contributed by atoms with E-state index in [1.807, 2.05) is 24.3 Å². The SMILES string of the molecule is COc1cccc(/C=C2/CCC(C3CCCCC3)CC2=O)c1. The molecule has 0 N–H and O–H groups in total. The first kappa shape index (κ1) is 15.3. The summed E-state index contributed by atoms with van der Waals surface area (Å²) in [5, 5.41) is 0. The predicted octanol–water partition coefficient (Wildman–Crippen LogP) is 5.03. The third-order valence-corrected chi connectivity index (χ3v) is 5.34. The zero-order chi connectivity index (χ0) is 15.4. The molecule has 1 atom stereocenters. The summed E-state index contributed by atoms with van der Waals surface area (Å²) in [6.45, 7) is 0. The second-order valence-corrected chi connectivity index (χ2v) is 6.77. The van der Waals surface area contributed by atoms with Crippen LogP contribution in [0, 0.1) is 11.8 Å². The Kier molecular flexibility index (Phi) is 4.97. The van der Waals surface area contributed by atoms with Gasteiger partial charge < -0.3 is 4.74 Å². The average Bonchev–Trinajstić information content (AvgIpc) is 2.58. The van der Waals surface area contributed by atoms with Crippen LogP contribution in [-0.4, -0.2) is 12.9 Å². The largest absolute Gasteiger partial charge is 0.497 e. The van der Waals surface area contributed by atoms with Crippen LogP contribution in [0.4, 0.5) is 0 Å². The quantitative estimate of drug-likeness (QED) is 0.732. The minimum atomic E-state index is 0.365. The van der Waals surface area contributed by atoms with Gasteiger partial charge in [0.05, 0.1) is 7.11 Å². The Morgan fingerprint density at radius 2 is 1.91 bits per heavy atom. The van der Waals surface area contributed by atoms with Crippen molar-refractivity contribution in [1.29, 1.82) is 0 Å². The van der Waals surface area contributed by atoms with Crippen molar-refractivity contribution in [2.24, 2.45) is 11.8 Å². The summed E-state index contributed by atoms with van der Waals surface area (Å²) in [6, 6.07) is 7.94. The summed E-state index contributed by atoms with van der Waals surface area (Å²) >= 11 is 0. The number of allylic oxidation sites excluding steroid dienone is 1. The number of carbonyl (C=O) groups is 1. The van der Waals surface area contributed by atoms with Crippen LogP contribution in [0.5, 0.6) is 5.75 Å². The first-order chi connectivity index (χ1) is 10.8. The number of benzene rings is 1. The molecule has 2 heteroatoms. The Balaban J connectivity index is 1.67. The summed E-state index contributed by atoms with van der Waals surface area (Å²) in [5.74, 6) is 2.65. The molecule has 2 fully saturated rings. The van der Waals surface area contributed by atoms with E-state index in [-0.39, 0.29) is 0 Å². The molecule has 118 valence electrons. The van der Waals surface area contributed by atoms with Crippen molar-refractivity contribution < 1.29 is 9.53 Å². The summed E-state index contributed by atoms with van der Waals surface area (Å²) in [6.07, 6.45) is 11.7. The van der Waals surface area contributed by atoms with Crippen LogP contribution in [0.3, 0.4) is 0 Å². The van der Waals surface area contributed by atoms with Gasteiger partial charge in [-0.2, -0.15) is 0 Å². The van der Waals surface area contributed by atoms with Gasteiger partial charge in [-0.3, -0.25) is 4.79 Å². The normalized spacial score (nSPS) is 25.4. The van der Waals surface area contributed by atoms with Crippen LogP contribution in [0.2, 0.25) is 0 Å². The smallest absolute Gasteiger partial charge is 0.159 e. The van der Waals surface area contributed by atoms with Gasteiger partial charge in [0.15, 0.2) is 5.78 Å². The fourth-order valence-electron chi connectivity index (χ4n) is 4.04. The molecule has 0 saturated heterocycles. The number of carbonyl (C=O) groups excluding carboxylic acids is 1. The second-order valence-electron chi connectivity index (χ2n) is 6.77. The predicted molar refractivity (Wildman–Crippen MR) is 89.9 cm³/mol. The van der Waals surface area contributed by atoms with Crippen molar-refractivity contribution >= 4 is 11.9 Å². The summed E-state index contributed by atoms with van der Waals surface area (Å²) in [5.41, 5.74) is 2.07. The lowest BCUT2D eigenvalue weighted by atomic mass is 9.72. The molecule has 2 aliphatic rings. The molecule has 2 aliphatic carbocycles. The maximum Gasteiger partial charge on any atom is 0.159 e. The van der Waals surface area contributed by atoms with E-state index in [0.29, 0.717) is 11.7 Å². The van der Waals surface area contributed by atoms with E-state index in [9.17, 15) is 4.79 Å². The van der Waals surface area contributed by atoms with E-state index in [1.54, 1.807) is 7.11 Å². The Labute approximate surface area is 133 Å². The number of hydrogen-bond donors (Lipinski definition) is 0.